The Morgan fingerprint density at radius 3 is 2.61 bits per heavy atom. The second kappa shape index (κ2) is 9.11. The molecule has 1 N–H and O–H groups in total. The van der Waals surface area contributed by atoms with Crippen molar-refractivity contribution in [1.82, 2.24) is 14.8 Å². The van der Waals surface area contributed by atoms with Crippen molar-refractivity contribution in [3.8, 4) is 0 Å². The molecule has 33 heavy (non-hydrogen) atoms. The molecule has 0 bridgehead atoms. The first-order valence-electron chi connectivity index (χ1n) is 11.4. The maximum atomic E-state index is 13.3. The van der Waals surface area contributed by atoms with E-state index in [1.807, 2.05) is 0 Å². The average molecular weight is 468 g/mol. The summed E-state index contributed by atoms with van der Waals surface area (Å²) in [5.41, 5.74) is 1.07. The van der Waals surface area contributed by atoms with E-state index in [9.17, 15) is 14.4 Å². The van der Waals surface area contributed by atoms with E-state index in [0.29, 0.717) is 30.5 Å². The number of piperazine rings is 1. The van der Waals surface area contributed by atoms with Gasteiger partial charge < -0.3 is 10.2 Å². The number of benzene rings is 1. The first-order valence-corrected chi connectivity index (χ1v) is 11.8. The zero-order valence-corrected chi connectivity index (χ0v) is 19.0. The van der Waals surface area contributed by atoms with Gasteiger partial charge in [-0.05, 0) is 43.2 Å². The molecule has 1 atom stereocenters. The van der Waals surface area contributed by atoms with Gasteiger partial charge in [-0.25, -0.2) is 9.69 Å². The summed E-state index contributed by atoms with van der Waals surface area (Å²) < 4.78 is 0. The van der Waals surface area contributed by atoms with Gasteiger partial charge in [0.15, 0.2) is 0 Å². The number of carbonyl (C=O) groups is 3. The number of imide groups is 1. The number of aromatic nitrogens is 1. The van der Waals surface area contributed by atoms with Crippen molar-refractivity contribution in [2.75, 3.05) is 29.9 Å². The monoisotopic (exact) mass is 467 g/mol. The molecule has 2 aromatic rings. The van der Waals surface area contributed by atoms with E-state index < -0.39 is 6.04 Å². The summed E-state index contributed by atoms with van der Waals surface area (Å²) >= 11 is 6.48. The van der Waals surface area contributed by atoms with E-state index in [4.69, 9.17) is 11.6 Å². The third kappa shape index (κ3) is 4.20. The summed E-state index contributed by atoms with van der Waals surface area (Å²) in [5, 5.41) is 2.96. The summed E-state index contributed by atoms with van der Waals surface area (Å²) in [6, 6.07) is 9.54. The van der Waals surface area contributed by atoms with Crippen LogP contribution in [0.15, 0.2) is 42.6 Å². The molecule has 3 heterocycles. The molecule has 5 rings (SSSR count). The van der Waals surface area contributed by atoms with Crippen molar-refractivity contribution in [3.05, 3.63) is 53.3 Å². The number of fused-ring (bicyclic) bond motifs is 1. The van der Waals surface area contributed by atoms with Crippen molar-refractivity contribution in [3.63, 3.8) is 0 Å². The number of carbonyl (C=O) groups excluding carboxylic acids is 3. The van der Waals surface area contributed by atoms with Crippen LogP contribution < -0.4 is 10.2 Å². The number of anilines is 2. The molecule has 2 aliphatic heterocycles. The first kappa shape index (κ1) is 21.9. The van der Waals surface area contributed by atoms with Gasteiger partial charge in [-0.1, -0.05) is 36.9 Å². The second-order valence-electron chi connectivity index (χ2n) is 8.79. The Kier molecular flexibility index (Phi) is 6.03. The molecule has 3 fully saturated rings. The van der Waals surface area contributed by atoms with Crippen LogP contribution in [0.3, 0.4) is 0 Å². The molecule has 1 saturated carbocycles. The minimum atomic E-state index is -0.479. The number of rotatable bonds is 4. The lowest BCUT2D eigenvalue weighted by molar-refractivity contribution is -0.121. The molecule has 0 spiro atoms. The van der Waals surface area contributed by atoms with Gasteiger partial charge in [0, 0.05) is 37.6 Å². The van der Waals surface area contributed by atoms with Crippen molar-refractivity contribution >= 4 is 40.8 Å². The lowest BCUT2D eigenvalue weighted by Gasteiger charge is -2.41. The maximum Gasteiger partial charge on any atom is 0.332 e. The number of halogens is 1. The number of nitrogens with zero attached hydrogens (tertiary/aromatic N) is 4. The van der Waals surface area contributed by atoms with Crippen LogP contribution in [0, 0.1) is 0 Å². The van der Waals surface area contributed by atoms with Gasteiger partial charge in [0.05, 0.1) is 10.7 Å². The topological polar surface area (TPSA) is 85.9 Å². The standard InChI is InChI=1S/C24H26ClN5O3/c25-18-14-16(27-22(31)19-8-4-5-11-26-19)9-10-20(18)30-23(32)21-15-28(12-13-29(21)24(30)33)17-6-2-1-3-7-17/h4-5,8-11,14,17,21H,1-3,6-7,12-13,15H2,(H,27,31). The molecule has 4 amide bonds. The Labute approximate surface area is 197 Å². The van der Waals surface area contributed by atoms with Crippen LogP contribution in [0.5, 0.6) is 0 Å². The van der Waals surface area contributed by atoms with Crippen LogP contribution >= 0.6 is 11.6 Å². The van der Waals surface area contributed by atoms with E-state index >= 15 is 0 Å². The van der Waals surface area contributed by atoms with Gasteiger partial charge >= 0.3 is 6.03 Å². The zero-order chi connectivity index (χ0) is 22.9. The van der Waals surface area contributed by atoms with Crippen LogP contribution in [0.2, 0.25) is 5.02 Å². The molecule has 1 aromatic carbocycles. The number of pyridine rings is 1. The first-order chi connectivity index (χ1) is 16.0. The van der Waals surface area contributed by atoms with Crippen LogP contribution in [0.25, 0.3) is 0 Å². The zero-order valence-electron chi connectivity index (χ0n) is 18.2. The highest BCUT2D eigenvalue weighted by Crippen LogP contribution is 2.35. The fourth-order valence-electron chi connectivity index (χ4n) is 5.07. The van der Waals surface area contributed by atoms with Crippen molar-refractivity contribution in [1.29, 1.82) is 0 Å². The Bertz CT molecular complexity index is 1070. The highest BCUT2D eigenvalue weighted by Gasteiger charge is 2.49. The van der Waals surface area contributed by atoms with Crippen LogP contribution in [-0.2, 0) is 4.79 Å². The molecule has 172 valence electrons. The van der Waals surface area contributed by atoms with E-state index in [0.717, 1.165) is 19.4 Å². The number of nitrogens with one attached hydrogen (secondary N) is 1. The van der Waals surface area contributed by atoms with Crippen molar-refractivity contribution in [2.45, 2.75) is 44.2 Å². The Morgan fingerprint density at radius 2 is 1.88 bits per heavy atom. The molecule has 3 aliphatic rings. The third-order valence-corrected chi connectivity index (χ3v) is 7.09. The van der Waals surface area contributed by atoms with E-state index in [-0.39, 0.29) is 28.6 Å². The Balaban J connectivity index is 1.31. The van der Waals surface area contributed by atoms with E-state index in [1.165, 1.54) is 24.2 Å². The fourth-order valence-corrected chi connectivity index (χ4v) is 5.34. The summed E-state index contributed by atoms with van der Waals surface area (Å²) in [5.74, 6) is -0.611. The number of urea groups is 1. The van der Waals surface area contributed by atoms with Gasteiger partial charge in [0.25, 0.3) is 11.8 Å². The molecule has 1 aliphatic carbocycles. The normalized spacial score (nSPS) is 21.9. The molecule has 9 heteroatoms. The molecular formula is C24H26ClN5O3. The predicted octanol–water partition coefficient (Wildman–Crippen LogP) is 3.77. The van der Waals surface area contributed by atoms with Crippen LogP contribution in [-0.4, -0.2) is 64.3 Å². The minimum Gasteiger partial charge on any atom is -0.321 e. The lowest BCUT2D eigenvalue weighted by atomic mass is 9.93. The summed E-state index contributed by atoms with van der Waals surface area (Å²) in [6.45, 7) is 1.90. The second-order valence-corrected chi connectivity index (χ2v) is 9.19. The summed E-state index contributed by atoms with van der Waals surface area (Å²) in [4.78, 5) is 48.0. The highest BCUT2D eigenvalue weighted by molar-refractivity contribution is 6.36. The molecular weight excluding hydrogens is 442 g/mol. The van der Waals surface area contributed by atoms with Gasteiger partial charge in [0.2, 0.25) is 0 Å². The molecule has 1 unspecified atom stereocenters. The molecule has 1 aromatic heterocycles. The average Bonchev–Trinajstić information content (AvgIpc) is 3.10. The third-order valence-electron chi connectivity index (χ3n) is 6.79. The molecule has 2 saturated heterocycles. The van der Waals surface area contributed by atoms with Gasteiger partial charge in [-0.15, -0.1) is 0 Å². The number of hydrogen-bond donors (Lipinski definition) is 1. The summed E-state index contributed by atoms with van der Waals surface area (Å²) in [7, 11) is 0. The molecule has 0 radical (unpaired) electrons. The SMILES string of the molecule is O=C(Nc1ccc(N2C(=O)C3CN(C4CCCCC4)CCN3C2=O)c(Cl)c1)c1ccccn1. The number of amides is 4. The summed E-state index contributed by atoms with van der Waals surface area (Å²) in [6.07, 6.45) is 7.61. The van der Waals surface area contributed by atoms with E-state index in [2.05, 4.69) is 15.2 Å². The van der Waals surface area contributed by atoms with Crippen LogP contribution in [0.1, 0.15) is 42.6 Å². The molecule has 8 nitrogen and oxygen atoms in total. The largest absolute Gasteiger partial charge is 0.332 e. The Morgan fingerprint density at radius 1 is 1.06 bits per heavy atom. The van der Waals surface area contributed by atoms with Crippen molar-refractivity contribution < 1.29 is 14.4 Å². The fraction of sp³-hybridized carbons (Fsp3) is 0.417. The highest BCUT2D eigenvalue weighted by atomic mass is 35.5. The van der Waals surface area contributed by atoms with Gasteiger partial charge in [0.1, 0.15) is 11.7 Å². The lowest BCUT2D eigenvalue weighted by Crippen LogP contribution is -2.56. The van der Waals surface area contributed by atoms with Crippen LogP contribution in [0.4, 0.5) is 16.2 Å². The smallest absolute Gasteiger partial charge is 0.321 e. The Hall–Kier alpha value is -2.97. The van der Waals surface area contributed by atoms with Crippen molar-refractivity contribution in [2.24, 2.45) is 0 Å². The maximum absolute atomic E-state index is 13.3. The quantitative estimate of drug-likeness (QED) is 0.692. The van der Waals surface area contributed by atoms with Gasteiger partial charge in [-0.2, -0.15) is 0 Å². The minimum absolute atomic E-state index is 0.222. The van der Waals surface area contributed by atoms with Gasteiger partial charge in [-0.3, -0.25) is 19.5 Å². The predicted molar refractivity (Wildman–Crippen MR) is 125 cm³/mol. The van der Waals surface area contributed by atoms with E-state index in [1.54, 1.807) is 47.5 Å². The number of hydrogen-bond acceptors (Lipinski definition) is 5.